The van der Waals surface area contributed by atoms with E-state index in [0.29, 0.717) is 16.3 Å². The minimum Gasteiger partial charge on any atom is -0.391 e. The van der Waals surface area contributed by atoms with Crippen molar-refractivity contribution in [1.29, 1.82) is 0 Å². The van der Waals surface area contributed by atoms with Crippen LogP contribution in [0, 0.1) is 6.92 Å². The molecule has 0 atom stereocenters. The van der Waals surface area contributed by atoms with Crippen LogP contribution >= 0.6 is 11.6 Å². The molecule has 0 N–H and O–H groups in total. The number of tetrazole rings is 1. The Labute approximate surface area is 160 Å². The Morgan fingerprint density at radius 2 is 2.07 bits per heavy atom. The van der Waals surface area contributed by atoms with Crippen molar-refractivity contribution in [3.05, 3.63) is 74.2 Å². The van der Waals surface area contributed by atoms with Gasteiger partial charge in [-0.05, 0) is 54.0 Å². The second-order valence-corrected chi connectivity index (χ2v) is 6.91. The quantitative estimate of drug-likeness (QED) is 0.649. The number of nitrogens with zero attached hydrogens (tertiary/aromatic N) is 5. The highest BCUT2D eigenvalue weighted by Crippen LogP contribution is 2.26. The number of aromatic nitrogens is 4. The van der Waals surface area contributed by atoms with Gasteiger partial charge in [-0.1, -0.05) is 40.5 Å². The molecule has 1 aliphatic carbocycles. The summed E-state index contributed by atoms with van der Waals surface area (Å²) in [4.78, 5) is 17.8. The number of hydrogen-bond acceptors (Lipinski definition) is 5. The summed E-state index contributed by atoms with van der Waals surface area (Å²) in [5.41, 5.74) is 5.35. The van der Waals surface area contributed by atoms with Crippen molar-refractivity contribution in [2.75, 3.05) is 0 Å². The summed E-state index contributed by atoms with van der Waals surface area (Å²) in [5.74, 6) is 0. The Morgan fingerprint density at radius 3 is 2.85 bits per heavy atom. The maximum atomic E-state index is 12.2. The lowest BCUT2D eigenvalue weighted by Gasteiger charge is -2.09. The van der Waals surface area contributed by atoms with Crippen molar-refractivity contribution in [1.82, 2.24) is 19.8 Å². The third-order valence-corrected chi connectivity index (χ3v) is 4.99. The van der Waals surface area contributed by atoms with E-state index in [2.05, 4.69) is 40.7 Å². The molecule has 1 heterocycles. The summed E-state index contributed by atoms with van der Waals surface area (Å²) in [6.07, 6.45) is 1.81. The molecule has 0 radical (unpaired) electrons. The number of fused-ring (bicyclic) bond motifs is 1. The monoisotopic (exact) mass is 383 g/mol. The molecule has 0 bridgehead atoms. The number of hydrogen-bond donors (Lipinski definition) is 0. The Hall–Kier alpha value is -2.93. The highest BCUT2D eigenvalue weighted by atomic mass is 35.5. The van der Waals surface area contributed by atoms with Gasteiger partial charge in [0.05, 0.1) is 11.4 Å². The number of benzene rings is 2. The highest BCUT2D eigenvalue weighted by molar-refractivity contribution is 6.31. The Bertz CT molecular complexity index is 1100. The van der Waals surface area contributed by atoms with Crippen molar-refractivity contribution >= 4 is 17.3 Å². The lowest BCUT2D eigenvalue weighted by Crippen LogP contribution is -2.23. The minimum atomic E-state index is -0.356. The van der Waals surface area contributed by atoms with Crippen LogP contribution in [-0.2, 0) is 24.9 Å². The molecule has 0 unspecified atom stereocenters. The molecule has 138 valence electrons. The van der Waals surface area contributed by atoms with E-state index in [1.54, 1.807) is 18.2 Å². The van der Waals surface area contributed by atoms with Crippen LogP contribution in [0.4, 0.5) is 0 Å². The normalized spacial score (nSPS) is 14.6. The first kappa shape index (κ1) is 17.5. The Morgan fingerprint density at radius 1 is 1.22 bits per heavy atom. The van der Waals surface area contributed by atoms with Crippen LogP contribution in [0.3, 0.4) is 0 Å². The molecule has 2 aromatic carbocycles. The van der Waals surface area contributed by atoms with E-state index in [4.69, 9.17) is 16.4 Å². The molecule has 0 saturated heterocycles. The molecular weight excluding hydrogens is 366 g/mol. The third kappa shape index (κ3) is 3.26. The van der Waals surface area contributed by atoms with Crippen molar-refractivity contribution in [2.45, 2.75) is 26.4 Å². The van der Waals surface area contributed by atoms with Gasteiger partial charge in [0.15, 0.2) is 0 Å². The summed E-state index contributed by atoms with van der Waals surface area (Å²) >= 11 is 6.34. The first-order chi connectivity index (χ1) is 13.0. The average Bonchev–Trinajstić information content (AvgIpc) is 3.20. The Kier molecular flexibility index (Phi) is 4.53. The molecule has 3 aromatic rings. The van der Waals surface area contributed by atoms with Gasteiger partial charge in [-0.3, -0.25) is 0 Å². The molecule has 0 saturated carbocycles. The smallest absolute Gasteiger partial charge is 0.368 e. The summed E-state index contributed by atoms with van der Waals surface area (Å²) in [6, 6.07) is 11.6. The SMILES string of the molecule is Cc1ccc2c(c1)C(=NOCc1c(Cl)cccc1-n1nnn(C)c1=O)CC2. The molecule has 0 amide bonds. The van der Waals surface area contributed by atoms with Crippen LogP contribution in [0.25, 0.3) is 5.69 Å². The van der Waals surface area contributed by atoms with Gasteiger partial charge < -0.3 is 4.84 Å². The largest absolute Gasteiger partial charge is 0.391 e. The Balaban J connectivity index is 1.61. The van der Waals surface area contributed by atoms with Crippen LogP contribution < -0.4 is 5.69 Å². The van der Waals surface area contributed by atoms with Gasteiger partial charge in [0.1, 0.15) is 6.61 Å². The van der Waals surface area contributed by atoms with Gasteiger partial charge in [-0.25, -0.2) is 4.79 Å². The average molecular weight is 384 g/mol. The van der Waals surface area contributed by atoms with Gasteiger partial charge in [0.2, 0.25) is 0 Å². The maximum Gasteiger partial charge on any atom is 0.368 e. The zero-order chi connectivity index (χ0) is 19.0. The van der Waals surface area contributed by atoms with Crippen molar-refractivity contribution < 1.29 is 4.84 Å². The fraction of sp³-hybridized carbons (Fsp3) is 0.263. The second-order valence-electron chi connectivity index (χ2n) is 6.51. The number of halogens is 1. The molecular formula is C19H18ClN5O2. The lowest BCUT2D eigenvalue weighted by atomic mass is 10.1. The maximum absolute atomic E-state index is 12.2. The summed E-state index contributed by atoms with van der Waals surface area (Å²) < 4.78 is 2.36. The van der Waals surface area contributed by atoms with Crippen molar-refractivity contribution in [3.63, 3.8) is 0 Å². The van der Waals surface area contributed by atoms with Gasteiger partial charge in [0, 0.05) is 23.2 Å². The van der Waals surface area contributed by atoms with Crippen molar-refractivity contribution in [3.8, 4) is 5.69 Å². The lowest BCUT2D eigenvalue weighted by molar-refractivity contribution is 0.130. The minimum absolute atomic E-state index is 0.128. The fourth-order valence-corrected chi connectivity index (χ4v) is 3.41. The molecule has 4 rings (SSSR count). The third-order valence-electron chi connectivity index (χ3n) is 4.63. The van der Waals surface area contributed by atoms with Crippen LogP contribution in [0.5, 0.6) is 0 Å². The van der Waals surface area contributed by atoms with E-state index in [1.165, 1.54) is 22.9 Å². The van der Waals surface area contributed by atoms with Crippen LogP contribution in [0.15, 0.2) is 46.3 Å². The van der Waals surface area contributed by atoms with E-state index in [-0.39, 0.29) is 12.3 Å². The molecule has 0 aliphatic heterocycles. The predicted molar refractivity (Wildman–Crippen MR) is 102 cm³/mol. The van der Waals surface area contributed by atoms with Gasteiger partial charge in [-0.15, -0.1) is 0 Å². The van der Waals surface area contributed by atoms with E-state index >= 15 is 0 Å². The molecule has 0 fully saturated rings. The molecule has 1 aromatic heterocycles. The first-order valence-corrected chi connectivity index (χ1v) is 8.98. The van der Waals surface area contributed by atoms with Gasteiger partial charge in [0.25, 0.3) is 0 Å². The van der Waals surface area contributed by atoms with Crippen LogP contribution in [0.2, 0.25) is 5.02 Å². The van der Waals surface area contributed by atoms with Gasteiger partial charge >= 0.3 is 5.69 Å². The summed E-state index contributed by atoms with van der Waals surface area (Å²) in [7, 11) is 1.54. The number of rotatable bonds is 4. The van der Waals surface area contributed by atoms with Gasteiger partial charge in [-0.2, -0.15) is 9.36 Å². The van der Waals surface area contributed by atoms with E-state index in [9.17, 15) is 4.79 Å². The van der Waals surface area contributed by atoms with Crippen molar-refractivity contribution in [2.24, 2.45) is 12.2 Å². The number of aryl methyl sites for hydroxylation is 3. The molecule has 27 heavy (non-hydrogen) atoms. The first-order valence-electron chi connectivity index (χ1n) is 8.60. The summed E-state index contributed by atoms with van der Waals surface area (Å²) in [6.45, 7) is 2.19. The summed E-state index contributed by atoms with van der Waals surface area (Å²) in [5, 5.41) is 12.4. The predicted octanol–water partition coefficient (Wildman–Crippen LogP) is 2.79. The molecule has 7 nitrogen and oxygen atoms in total. The standard InChI is InChI=1S/C19H18ClN5O2/c1-12-6-7-13-8-9-17(14(13)10-12)21-27-11-15-16(20)4-3-5-18(15)25-19(26)24(2)22-23-25/h3-7,10H,8-9,11H2,1-2H3. The molecule has 8 heteroatoms. The molecule has 1 aliphatic rings. The van der Waals surface area contributed by atoms with E-state index in [0.717, 1.165) is 28.8 Å². The zero-order valence-electron chi connectivity index (χ0n) is 15.0. The number of oxime groups is 1. The highest BCUT2D eigenvalue weighted by Gasteiger charge is 2.19. The van der Waals surface area contributed by atoms with E-state index < -0.39 is 0 Å². The zero-order valence-corrected chi connectivity index (χ0v) is 15.8. The van der Waals surface area contributed by atoms with E-state index in [1.807, 2.05) is 0 Å². The fourth-order valence-electron chi connectivity index (χ4n) is 3.19. The second kappa shape index (κ2) is 7.00. The topological polar surface area (TPSA) is 74.3 Å². The van der Waals surface area contributed by atoms with Crippen LogP contribution in [0.1, 0.15) is 28.7 Å². The molecule has 0 spiro atoms. The van der Waals surface area contributed by atoms with Crippen LogP contribution in [-0.4, -0.2) is 25.5 Å².